The van der Waals surface area contributed by atoms with E-state index in [-0.39, 0.29) is 11.8 Å². The molecule has 0 heterocycles. The van der Waals surface area contributed by atoms with Crippen LogP contribution in [-0.2, 0) is 17.9 Å². The van der Waals surface area contributed by atoms with Crippen LogP contribution in [0.15, 0.2) is 53.5 Å². The summed E-state index contributed by atoms with van der Waals surface area (Å²) in [5, 5.41) is 10.4. The summed E-state index contributed by atoms with van der Waals surface area (Å²) >= 11 is 6.02. The molecular formula is C22H27ClN4O. The predicted octanol–water partition coefficient (Wildman–Crippen LogP) is 4.33. The van der Waals surface area contributed by atoms with Gasteiger partial charge in [-0.3, -0.25) is 9.79 Å². The molecule has 0 atom stereocenters. The molecule has 3 rings (SSSR count). The molecule has 5 nitrogen and oxygen atoms in total. The summed E-state index contributed by atoms with van der Waals surface area (Å²) in [6.07, 6.45) is 4.32. The van der Waals surface area contributed by atoms with Crippen LogP contribution in [0.3, 0.4) is 0 Å². The van der Waals surface area contributed by atoms with Gasteiger partial charge in [0.15, 0.2) is 5.96 Å². The molecule has 1 amide bonds. The Morgan fingerprint density at radius 2 is 1.68 bits per heavy atom. The maximum atomic E-state index is 12.3. The smallest absolute Gasteiger partial charge is 0.227 e. The summed E-state index contributed by atoms with van der Waals surface area (Å²) in [5.41, 5.74) is 3.01. The van der Waals surface area contributed by atoms with E-state index < -0.39 is 0 Å². The van der Waals surface area contributed by atoms with E-state index in [1.807, 2.05) is 48.5 Å². The first-order valence-corrected chi connectivity index (χ1v) is 10.1. The number of carbonyl (C=O) groups is 1. The average Bonchev–Trinajstić information content (AvgIpc) is 3.23. The van der Waals surface area contributed by atoms with Crippen molar-refractivity contribution >= 4 is 29.2 Å². The molecule has 0 radical (unpaired) electrons. The number of nitrogens with one attached hydrogen (secondary N) is 3. The highest BCUT2D eigenvalue weighted by molar-refractivity contribution is 6.30. The lowest BCUT2D eigenvalue weighted by Gasteiger charge is -2.14. The second kappa shape index (κ2) is 10.1. The monoisotopic (exact) mass is 398 g/mol. The Balaban J connectivity index is 1.50. The summed E-state index contributed by atoms with van der Waals surface area (Å²) in [5.74, 6) is 1.01. The van der Waals surface area contributed by atoms with Crippen molar-refractivity contribution in [1.29, 1.82) is 0 Å². The number of halogens is 1. The third-order valence-electron chi connectivity index (χ3n) is 4.95. The number of nitrogens with zero attached hydrogens (tertiary/aromatic N) is 1. The lowest BCUT2D eigenvalue weighted by molar-refractivity contribution is -0.119. The van der Waals surface area contributed by atoms with Gasteiger partial charge in [-0.25, -0.2) is 0 Å². The summed E-state index contributed by atoms with van der Waals surface area (Å²) in [6, 6.07) is 15.7. The van der Waals surface area contributed by atoms with Gasteiger partial charge in [0.25, 0.3) is 0 Å². The highest BCUT2D eigenvalue weighted by atomic mass is 35.5. The third kappa shape index (κ3) is 5.99. The number of hydrogen-bond donors (Lipinski definition) is 3. The number of hydrogen-bond acceptors (Lipinski definition) is 2. The first-order valence-electron chi connectivity index (χ1n) is 9.73. The third-order valence-corrected chi connectivity index (χ3v) is 5.19. The van der Waals surface area contributed by atoms with E-state index in [0.717, 1.165) is 47.5 Å². The van der Waals surface area contributed by atoms with Crippen molar-refractivity contribution < 1.29 is 4.79 Å². The topological polar surface area (TPSA) is 65.5 Å². The number of amides is 1. The lowest BCUT2D eigenvalue weighted by atomic mass is 10.1. The van der Waals surface area contributed by atoms with E-state index in [9.17, 15) is 4.79 Å². The summed E-state index contributed by atoms with van der Waals surface area (Å²) < 4.78 is 0. The van der Waals surface area contributed by atoms with Crippen LogP contribution in [0.5, 0.6) is 0 Å². The van der Waals surface area contributed by atoms with Gasteiger partial charge >= 0.3 is 0 Å². The maximum Gasteiger partial charge on any atom is 0.227 e. The largest absolute Gasteiger partial charge is 0.352 e. The van der Waals surface area contributed by atoms with E-state index in [0.29, 0.717) is 19.0 Å². The van der Waals surface area contributed by atoms with E-state index in [4.69, 9.17) is 11.6 Å². The van der Waals surface area contributed by atoms with Crippen molar-refractivity contribution in [2.24, 2.45) is 10.9 Å². The zero-order valence-electron chi connectivity index (χ0n) is 16.2. The molecule has 1 aliphatic rings. The van der Waals surface area contributed by atoms with Crippen LogP contribution in [0, 0.1) is 5.92 Å². The van der Waals surface area contributed by atoms with Gasteiger partial charge in [0.2, 0.25) is 5.91 Å². The number of anilines is 1. The molecule has 2 aromatic carbocycles. The molecule has 1 fully saturated rings. The lowest BCUT2D eigenvalue weighted by Crippen LogP contribution is -2.36. The van der Waals surface area contributed by atoms with Crippen LogP contribution < -0.4 is 16.0 Å². The second-order valence-electron chi connectivity index (χ2n) is 7.08. The number of guanidine groups is 1. The molecule has 0 bridgehead atoms. The molecule has 2 aromatic rings. The van der Waals surface area contributed by atoms with Gasteiger partial charge in [0.05, 0.1) is 0 Å². The molecule has 28 heavy (non-hydrogen) atoms. The molecule has 0 aliphatic heterocycles. The quantitative estimate of drug-likeness (QED) is 0.501. The van der Waals surface area contributed by atoms with Gasteiger partial charge in [-0.15, -0.1) is 0 Å². The van der Waals surface area contributed by atoms with Gasteiger partial charge in [-0.2, -0.15) is 0 Å². The Kier molecular flexibility index (Phi) is 7.31. The van der Waals surface area contributed by atoms with Crippen molar-refractivity contribution in [2.45, 2.75) is 38.8 Å². The van der Waals surface area contributed by atoms with Crippen molar-refractivity contribution in [3.05, 3.63) is 64.7 Å². The van der Waals surface area contributed by atoms with Crippen molar-refractivity contribution in [1.82, 2.24) is 10.6 Å². The SMILES string of the molecule is CN=C(NCc1cccc(Cl)c1)NCc1cccc(NC(=O)C2CCCC2)c1. The van der Waals surface area contributed by atoms with Gasteiger partial charge < -0.3 is 16.0 Å². The van der Waals surface area contributed by atoms with Crippen molar-refractivity contribution in [2.75, 3.05) is 12.4 Å². The fourth-order valence-electron chi connectivity index (χ4n) is 3.43. The maximum absolute atomic E-state index is 12.3. The summed E-state index contributed by atoms with van der Waals surface area (Å²) in [4.78, 5) is 16.6. The Labute approximate surface area is 171 Å². The zero-order chi connectivity index (χ0) is 19.8. The van der Waals surface area contributed by atoms with Gasteiger partial charge in [-0.05, 0) is 48.2 Å². The molecule has 1 aliphatic carbocycles. The molecule has 0 spiro atoms. The molecule has 0 aromatic heterocycles. The van der Waals surface area contributed by atoms with E-state index in [1.54, 1.807) is 7.05 Å². The van der Waals surface area contributed by atoms with Crippen LogP contribution in [0.2, 0.25) is 5.02 Å². The standard InChI is InChI=1S/C22H27ClN4O/c1-24-22(25-14-16-6-4-10-19(23)12-16)26-15-17-7-5-11-20(13-17)27-21(28)18-8-2-3-9-18/h4-7,10-13,18H,2-3,8-9,14-15H2,1H3,(H,27,28)(H2,24,25,26). The number of benzene rings is 2. The van der Waals surface area contributed by atoms with Gasteiger partial charge in [0.1, 0.15) is 0 Å². The molecule has 148 valence electrons. The van der Waals surface area contributed by atoms with Crippen LogP contribution in [0.4, 0.5) is 5.69 Å². The number of aliphatic imine (C=N–C) groups is 1. The predicted molar refractivity (Wildman–Crippen MR) is 116 cm³/mol. The molecule has 1 saturated carbocycles. The van der Waals surface area contributed by atoms with Crippen molar-refractivity contribution in [3.63, 3.8) is 0 Å². The minimum atomic E-state index is 0.140. The van der Waals surface area contributed by atoms with Crippen molar-refractivity contribution in [3.8, 4) is 0 Å². The molecule has 3 N–H and O–H groups in total. The molecule has 0 saturated heterocycles. The second-order valence-corrected chi connectivity index (χ2v) is 7.52. The van der Waals surface area contributed by atoms with Gasteiger partial charge in [0, 0.05) is 36.8 Å². The van der Waals surface area contributed by atoms with Crippen LogP contribution in [-0.4, -0.2) is 18.9 Å². The normalized spacial score (nSPS) is 14.7. The minimum absolute atomic E-state index is 0.140. The van der Waals surface area contributed by atoms with Crippen LogP contribution in [0.1, 0.15) is 36.8 Å². The van der Waals surface area contributed by atoms with Gasteiger partial charge in [-0.1, -0.05) is 48.7 Å². The number of rotatable bonds is 6. The molecule has 0 unspecified atom stereocenters. The Morgan fingerprint density at radius 3 is 2.32 bits per heavy atom. The summed E-state index contributed by atoms with van der Waals surface area (Å²) in [6.45, 7) is 1.25. The first kappa shape index (κ1) is 20.2. The molecular weight excluding hydrogens is 372 g/mol. The highest BCUT2D eigenvalue weighted by Gasteiger charge is 2.22. The van der Waals surface area contributed by atoms with Crippen LogP contribution in [0.25, 0.3) is 0 Å². The first-order chi connectivity index (χ1) is 13.6. The van der Waals surface area contributed by atoms with Crippen LogP contribution >= 0.6 is 11.6 Å². The summed E-state index contributed by atoms with van der Waals surface area (Å²) in [7, 11) is 1.74. The Morgan fingerprint density at radius 1 is 1.04 bits per heavy atom. The fourth-order valence-corrected chi connectivity index (χ4v) is 3.64. The Bertz CT molecular complexity index is 831. The minimum Gasteiger partial charge on any atom is -0.352 e. The van der Waals surface area contributed by atoms with E-state index >= 15 is 0 Å². The zero-order valence-corrected chi connectivity index (χ0v) is 16.9. The number of carbonyl (C=O) groups excluding carboxylic acids is 1. The Hall–Kier alpha value is -2.53. The average molecular weight is 399 g/mol. The fraction of sp³-hybridized carbons (Fsp3) is 0.364. The highest BCUT2D eigenvalue weighted by Crippen LogP contribution is 2.26. The molecule has 6 heteroatoms. The van der Waals surface area contributed by atoms with E-state index in [1.165, 1.54) is 0 Å². The van der Waals surface area contributed by atoms with E-state index in [2.05, 4.69) is 20.9 Å².